The minimum atomic E-state index is -0.213. The molecule has 162 valence electrons. The van der Waals surface area contributed by atoms with E-state index in [1.54, 1.807) is 11.2 Å². The molecule has 4 aromatic rings. The number of urea groups is 1. The number of hydrogen-bond donors (Lipinski definition) is 1. The van der Waals surface area contributed by atoms with E-state index in [4.69, 9.17) is 9.15 Å². The average molecular weight is 491 g/mol. The zero-order chi connectivity index (χ0) is 22.2. The Kier molecular flexibility index (Phi) is 7.25. The number of anilines is 1. The van der Waals surface area contributed by atoms with E-state index >= 15 is 0 Å². The fourth-order valence-electron chi connectivity index (χ4n) is 3.25. The van der Waals surface area contributed by atoms with Crippen LogP contribution in [0.1, 0.15) is 16.9 Å². The Morgan fingerprint density at radius 2 is 1.69 bits per heavy atom. The van der Waals surface area contributed by atoms with Gasteiger partial charge in [0.1, 0.15) is 18.1 Å². The smallest absolute Gasteiger partial charge is 0.322 e. The molecule has 1 heterocycles. The van der Waals surface area contributed by atoms with Crippen molar-refractivity contribution in [2.24, 2.45) is 0 Å². The quantitative estimate of drug-likeness (QED) is 0.293. The lowest BCUT2D eigenvalue weighted by Gasteiger charge is -2.23. The minimum Gasteiger partial charge on any atom is -0.489 e. The van der Waals surface area contributed by atoms with E-state index in [-0.39, 0.29) is 6.03 Å². The maximum atomic E-state index is 13.1. The molecule has 0 aliphatic heterocycles. The van der Waals surface area contributed by atoms with Crippen molar-refractivity contribution in [1.82, 2.24) is 4.90 Å². The monoisotopic (exact) mass is 490 g/mol. The van der Waals surface area contributed by atoms with Crippen molar-refractivity contribution in [3.8, 4) is 5.75 Å². The van der Waals surface area contributed by atoms with E-state index in [0.717, 1.165) is 21.3 Å². The van der Waals surface area contributed by atoms with E-state index in [9.17, 15) is 4.79 Å². The van der Waals surface area contributed by atoms with Crippen molar-refractivity contribution in [3.05, 3.63) is 119 Å². The predicted molar refractivity (Wildman–Crippen MR) is 128 cm³/mol. The molecular weight excluding hydrogens is 468 g/mol. The van der Waals surface area contributed by atoms with Gasteiger partial charge in [-0.15, -0.1) is 0 Å². The van der Waals surface area contributed by atoms with E-state index in [1.807, 2.05) is 91.0 Å². The summed E-state index contributed by atoms with van der Waals surface area (Å²) in [6.45, 7) is 1.24. The lowest BCUT2D eigenvalue weighted by Crippen LogP contribution is -2.34. The van der Waals surface area contributed by atoms with Crippen LogP contribution in [0.15, 0.2) is 106 Å². The number of hydrogen-bond acceptors (Lipinski definition) is 3. The molecule has 0 spiro atoms. The number of carbonyl (C=O) groups is 1. The normalized spacial score (nSPS) is 10.5. The molecule has 0 saturated carbocycles. The molecule has 4 rings (SSSR count). The summed E-state index contributed by atoms with van der Waals surface area (Å²) in [7, 11) is 0. The van der Waals surface area contributed by atoms with Gasteiger partial charge in [0.25, 0.3) is 0 Å². The van der Waals surface area contributed by atoms with Gasteiger partial charge in [-0.1, -0.05) is 64.5 Å². The van der Waals surface area contributed by atoms with E-state index in [1.165, 1.54) is 0 Å². The molecule has 0 aliphatic rings. The van der Waals surface area contributed by atoms with Crippen LogP contribution in [0.3, 0.4) is 0 Å². The summed E-state index contributed by atoms with van der Waals surface area (Å²) < 4.78 is 12.3. The first-order valence-electron chi connectivity index (χ1n) is 10.3. The van der Waals surface area contributed by atoms with Gasteiger partial charge in [0.05, 0.1) is 12.8 Å². The van der Waals surface area contributed by atoms with Gasteiger partial charge >= 0.3 is 6.03 Å². The Hall–Kier alpha value is -3.51. The van der Waals surface area contributed by atoms with E-state index in [2.05, 4.69) is 21.2 Å². The third-order valence-electron chi connectivity index (χ3n) is 4.81. The van der Waals surface area contributed by atoms with E-state index in [0.29, 0.717) is 31.1 Å². The molecule has 0 bridgehead atoms. The van der Waals surface area contributed by atoms with Crippen LogP contribution < -0.4 is 10.1 Å². The van der Waals surface area contributed by atoms with Gasteiger partial charge in [-0.2, -0.15) is 0 Å². The molecule has 32 heavy (non-hydrogen) atoms. The SMILES string of the molecule is O=C(Nc1cccc(Br)c1)N(Cc1cccc(OCc2ccccc2)c1)Cc1ccco1. The van der Waals surface area contributed by atoms with Gasteiger partial charge in [0, 0.05) is 16.7 Å². The van der Waals surface area contributed by atoms with Crippen molar-refractivity contribution in [2.75, 3.05) is 5.32 Å². The summed E-state index contributed by atoms with van der Waals surface area (Å²) in [6.07, 6.45) is 1.61. The van der Waals surface area contributed by atoms with Crippen molar-refractivity contribution in [1.29, 1.82) is 0 Å². The number of benzene rings is 3. The zero-order valence-corrected chi connectivity index (χ0v) is 19.0. The maximum Gasteiger partial charge on any atom is 0.322 e. The second-order valence-corrected chi connectivity index (χ2v) is 8.21. The van der Waals surface area contributed by atoms with Crippen molar-refractivity contribution < 1.29 is 13.9 Å². The molecule has 1 N–H and O–H groups in total. The largest absolute Gasteiger partial charge is 0.489 e. The highest BCUT2D eigenvalue weighted by atomic mass is 79.9. The van der Waals surface area contributed by atoms with Crippen LogP contribution in [0.25, 0.3) is 0 Å². The van der Waals surface area contributed by atoms with Gasteiger partial charge in [-0.05, 0) is 53.6 Å². The van der Waals surface area contributed by atoms with Crippen LogP contribution in [0.5, 0.6) is 5.75 Å². The summed E-state index contributed by atoms with van der Waals surface area (Å²) >= 11 is 3.44. The average Bonchev–Trinajstić information content (AvgIpc) is 3.31. The topological polar surface area (TPSA) is 54.7 Å². The number of rotatable bonds is 8. The Bertz CT molecular complexity index is 1150. The number of carbonyl (C=O) groups excluding carboxylic acids is 1. The second-order valence-electron chi connectivity index (χ2n) is 7.30. The van der Waals surface area contributed by atoms with Crippen molar-refractivity contribution in [3.63, 3.8) is 0 Å². The molecule has 0 aliphatic carbocycles. The summed E-state index contributed by atoms with van der Waals surface area (Å²) in [5.41, 5.74) is 2.78. The van der Waals surface area contributed by atoms with Gasteiger partial charge in [-0.3, -0.25) is 0 Å². The zero-order valence-electron chi connectivity index (χ0n) is 17.4. The Morgan fingerprint density at radius 3 is 2.47 bits per heavy atom. The van der Waals surface area contributed by atoms with Crippen LogP contribution in [0, 0.1) is 0 Å². The standard InChI is InChI=1S/C26H23BrN2O3/c27-22-10-5-11-23(16-22)28-26(30)29(18-25-13-6-14-31-25)17-21-9-4-12-24(15-21)32-19-20-7-2-1-3-8-20/h1-16H,17-19H2,(H,28,30). The van der Waals surface area contributed by atoms with Crippen LogP contribution >= 0.6 is 15.9 Å². The molecule has 6 heteroatoms. The molecule has 0 saturated heterocycles. The number of nitrogens with one attached hydrogen (secondary N) is 1. The molecule has 0 atom stereocenters. The highest BCUT2D eigenvalue weighted by Crippen LogP contribution is 2.20. The van der Waals surface area contributed by atoms with Gasteiger partial charge in [-0.25, -0.2) is 4.79 Å². The third-order valence-corrected chi connectivity index (χ3v) is 5.30. The number of halogens is 1. The van der Waals surface area contributed by atoms with Crippen LogP contribution in [0.4, 0.5) is 10.5 Å². The van der Waals surface area contributed by atoms with Crippen LogP contribution in [0.2, 0.25) is 0 Å². The van der Waals surface area contributed by atoms with Crippen LogP contribution in [-0.2, 0) is 19.7 Å². The van der Waals surface area contributed by atoms with Crippen LogP contribution in [-0.4, -0.2) is 10.9 Å². The number of amides is 2. The second kappa shape index (κ2) is 10.7. The predicted octanol–water partition coefficient (Wildman–Crippen LogP) is 6.86. The fourth-order valence-corrected chi connectivity index (χ4v) is 3.65. The molecule has 3 aromatic carbocycles. The molecule has 0 radical (unpaired) electrons. The summed E-state index contributed by atoms with van der Waals surface area (Å²) in [6, 6.07) is 28.8. The summed E-state index contributed by atoms with van der Waals surface area (Å²) in [4.78, 5) is 14.8. The first-order valence-corrected chi connectivity index (χ1v) is 11.0. The van der Waals surface area contributed by atoms with E-state index < -0.39 is 0 Å². The molecule has 2 amide bonds. The molecule has 1 aromatic heterocycles. The van der Waals surface area contributed by atoms with Crippen molar-refractivity contribution >= 4 is 27.6 Å². The third kappa shape index (κ3) is 6.25. The van der Waals surface area contributed by atoms with Gasteiger partial charge in [0.15, 0.2) is 0 Å². The Balaban J connectivity index is 1.47. The molecule has 5 nitrogen and oxygen atoms in total. The molecule has 0 fully saturated rings. The Morgan fingerprint density at radius 1 is 0.875 bits per heavy atom. The van der Waals surface area contributed by atoms with Gasteiger partial charge in [0.2, 0.25) is 0 Å². The first-order chi connectivity index (χ1) is 15.7. The first kappa shape index (κ1) is 21.7. The minimum absolute atomic E-state index is 0.213. The lowest BCUT2D eigenvalue weighted by atomic mass is 10.2. The van der Waals surface area contributed by atoms with Crippen molar-refractivity contribution in [2.45, 2.75) is 19.7 Å². The Labute approximate surface area is 195 Å². The number of furan rings is 1. The number of nitrogens with zero attached hydrogens (tertiary/aromatic N) is 1. The summed E-state index contributed by atoms with van der Waals surface area (Å²) in [5.74, 6) is 1.47. The molecule has 0 unspecified atom stereocenters. The summed E-state index contributed by atoms with van der Waals surface area (Å²) in [5, 5.41) is 2.96. The number of ether oxygens (including phenoxy) is 1. The fraction of sp³-hybridized carbons (Fsp3) is 0.115. The molecular formula is C26H23BrN2O3. The highest BCUT2D eigenvalue weighted by molar-refractivity contribution is 9.10. The maximum absolute atomic E-state index is 13.1. The lowest BCUT2D eigenvalue weighted by molar-refractivity contribution is 0.201. The highest BCUT2D eigenvalue weighted by Gasteiger charge is 2.17. The van der Waals surface area contributed by atoms with Gasteiger partial charge < -0.3 is 19.4 Å².